The van der Waals surface area contributed by atoms with E-state index in [0.717, 1.165) is 11.1 Å². The van der Waals surface area contributed by atoms with Crippen LogP contribution in [0.2, 0.25) is 0 Å². The minimum absolute atomic E-state index is 0.0436. The Morgan fingerprint density at radius 1 is 1.44 bits per heavy atom. The van der Waals surface area contributed by atoms with Crippen LogP contribution in [0.15, 0.2) is 18.2 Å². The standard InChI is InChI=1S/C15H22FNO/c1-3-18-15(11-5-6-11)14(17)9-12-8-13(16)7-4-10(12)2/h4,7-8,11,14-15H,3,5-6,9,17H2,1-2H3. The van der Waals surface area contributed by atoms with Crippen LogP contribution >= 0.6 is 0 Å². The molecule has 0 aliphatic heterocycles. The summed E-state index contributed by atoms with van der Waals surface area (Å²) in [5.74, 6) is 0.413. The van der Waals surface area contributed by atoms with Gasteiger partial charge in [0, 0.05) is 12.6 Å². The summed E-state index contributed by atoms with van der Waals surface area (Å²) < 4.78 is 19.0. The van der Waals surface area contributed by atoms with E-state index >= 15 is 0 Å². The third-order valence-corrected chi connectivity index (χ3v) is 3.63. The maximum atomic E-state index is 13.2. The van der Waals surface area contributed by atoms with Crippen LogP contribution in [-0.2, 0) is 11.2 Å². The number of rotatable bonds is 6. The van der Waals surface area contributed by atoms with Gasteiger partial charge in [0.1, 0.15) is 5.82 Å². The Morgan fingerprint density at radius 2 is 2.17 bits per heavy atom. The molecule has 2 unspecified atom stereocenters. The van der Waals surface area contributed by atoms with Crippen LogP contribution in [0.4, 0.5) is 4.39 Å². The Labute approximate surface area is 108 Å². The lowest BCUT2D eigenvalue weighted by molar-refractivity contribution is 0.0287. The summed E-state index contributed by atoms with van der Waals surface area (Å²) in [7, 11) is 0. The first kappa shape index (κ1) is 13.5. The Balaban J connectivity index is 2.04. The third-order valence-electron chi connectivity index (χ3n) is 3.63. The van der Waals surface area contributed by atoms with Crippen molar-refractivity contribution in [2.24, 2.45) is 11.7 Å². The summed E-state index contributed by atoms with van der Waals surface area (Å²) in [6, 6.07) is 4.85. The van der Waals surface area contributed by atoms with Crippen LogP contribution in [-0.4, -0.2) is 18.8 Å². The summed E-state index contributed by atoms with van der Waals surface area (Å²) in [5.41, 5.74) is 8.34. The summed E-state index contributed by atoms with van der Waals surface area (Å²) in [5, 5.41) is 0. The summed E-state index contributed by atoms with van der Waals surface area (Å²) >= 11 is 0. The zero-order valence-electron chi connectivity index (χ0n) is 11.2. The maximum absolute atomic E-state index is 13.2. The second-order valence-corrected chi connectivity index (χ2v) is 5.20. The van der Waals surface area contributed by atoms with E-state index in [1.807, 2.05) is 19.9 Å². The van der Waals surface area contributed by atoms with Crippen molar-refractivity contribution >= 4 is 0 Å². The predicted molar refractivity (Wildman–Crippen MR) is 71.0 cm³/mol. The molecule has 1 aliphatic rings. The SMILES string of the molecule is CCOC(C(N)Cc1cc(F)ccc1C)C1CC1. The topological polar surface area (TPSA) is 35.2 Å². The van der Waals surface area contributed by atoms with Gasteiger partial charge in [0.25, 0.3) is 0 Å². The number of halogens is 1. The van der Waals surface area contributed by atoms with Crippen LogP contribution in [0, 0.1) is 18.7 Å². The zero-order valence-corrected chi connectivity index (χ0v) is 11.2. The molecular formula is C15H22FNO. The van der Waals surface area contributed by atoms with Gasteiger partial charge in [-0.15, -0.1) is 0 Å². The van der Waals surface area contributed by atoms with E-state index < -0.39 is 0 Å². The second kappa shape index (κ2) is 5.81. The Morgan fingerprint density at radius 3 is 2.78 bits per heavy atom. The van der Waals surface area contributed by atoms with Gasteiger partial charge in [0.15, 0.2) is 0 Å². The van der Waals surface area contributed by atoms with Crippen molar-refractivity contribution in [2.75, 3.05) is 6.61 Å². The lowest BCUT2D eigenvalue weighted by Crippen LogP contribution is -2.40. The number of ether oxygens (including phenoxy) is 1. The molecule has 2 N–H and O–H groups in total. The smallest absolute Gasteiger partial charge is 0.123 e. The van der Waals surface area contributed by atoms with Crippen LogP contribution in [0.5, 0.6) is 0 Å². The van der Waals surface area contributed by atoms with Gasteiger partial charge in [-0.2, -0.15) is 0 Å². The molecule has 0 aromatic heterocycles. The molecule has 1 saturated carbocycles. The Bertz CT molecular complexity index is 403. The van der Waals surface area contributed by atoms with Gasteiger partial charge >= 0.3 is 0 Å². The number of hydrogen-bond acceptors (Lipinski definition) is 2. The molecule has 3 heteroatoms. The number of hydrogen-bond donors (Lipinski definition) is 1. The van der Waals surface area contributed by atoms with E-state index in [1.54, 1.807) is 6.07 Å². The molecule has 0 bridgehead atoms. The third kappa shape index (κ3) is 3.30. The summed E-state index contributed by atoms with van der Waals surface area (Å²) in [4.78, 5) is 0. The highest BCUT2D eigenvalue weighted by molar-refractivity contribution is 5.27. The molecule has 18 heavy (non-hydrogen) atoms. The first-order valence-electron chi connectivity index (χ1n) is 6.74. The van der Waals surface area contributed by atoms with Crippen molar-refractivity contribution in [3.05, 3.63) is 35.1 Å². The molecular weight excluding hydrogens is 229 g/mol. The second-order valence-electron chi connectivity index (χ2n) is 5.20. The highest BCUT2D eigenvalue weighted by Crippen LogP contribution is 2.36. The lowest BCUT2D eigenvalue weighted by Gasteiger charge is -2.24. The van der Waals surface area contributed by atoms with E-state index in [1.165, 1.54) is 18.9 Å². The molecule has 1 fully saturated rings. The number of benzene rings is 1. The molecule has 0 saturated heterocycles. The van der Waals surface area contributed by atoms with Crippen molar-refractivity contribution in [1.29, 1.82) is 0 Å². The molecule has 1 aromatic carbocycles. The number of nitrogens with two attached hydrogens (primary N) is 1. The largest absolute Gasteiger partial charge is 0.377 e. The Hall–Kier alpha value is -0.930. The van der Waals surface area contributed by atoms with Crippen molar-refractivity contribution in [1.82, 2.24) is 0 Å². The van der Waals surface area contributed by atoms with Crippen LogP contribution in [0.1, 0.15) is 30.9 Å². The van der Waals surface area contributed by atoms with Gasteiger partial charge < -0.3 is 10.5 Å². The molecule has 0 radical (unpaired) electrons. The fourth-order valence-corrected chi connectivity index (χ4v) is 2.46. The van der Waals surface area contributed by atoms with Gasteiger partial charge in [-0.05, 0) is 62.3 Å². The van der Waals surface area contributed by atoms with E-state index in [0.29, 0.717) is 18.9 Å². The molecule has 0 heterocycles. The minimum atomic E-state index is -0.192. The molecule has 2 atom stereocenters. The van der Waals surface area contributed by atoms with E-state index in [4.69, 9.17) is 10.5 Å². The summed E-state index contributed by atoms with van der Waals surface area (Å²) in [6.45, 7) is 4.68. The van der Waals surface area contributed by atoms with E-state index in [-0.39, 0.29) is 18.0 Å². The van der Waals surface area contributed by atoms with Gasteiger partial charge in [0.2, 0.25) is 0 Å². The average Bonchev–Trinajstić information content (AvgIpc) is 3.14. The van der Waals surface area contributed by atoms with Gasteiger partial charge in [-0.3, -0.25) is 0 Å². The van der Waals surface area contributed by atoms with Crippen LogP contribution in [0.3, 0.4) is 0 Å². The van der Waals surface area contributed by atoms with Crippen molar-refractivity contribution < 1.29 is 9.13 Å². The van der Waals surface area contributed by atoms with Gasteiger partial charge in [-0.1, -0.05) is 6.07 Å². The fourth-order valence-electron chi connectivity index (χ4n) is 2.46. The first-order valence-corrected chi connectivity index (χ1v) is 6.74. The molecule has 1 aliphatic carbocycles. The molecule has 1 aromatic rings. The van der Waals surface area contributed by atoms with Crippen molar-refractivity contribution in [3.63, 3.8) is 0 Å². The fraction of sp³-hybridized carbons (Fsp3) is 0.600. The zero-order chi connectivity index (χ0) is 13.1. The predicted octanol–water partition coefficient (Wildman–Crippen LogP) is 2.82. The Kier molecular flexibility index (Phi) is 4.36. The molecule has 100 valence electrons. The summed E-state index contributed by atoms with van der Waals surface area (Å²) in [6.07, 6.45) is 3.23. The van der Waals surface area contributed by atoms with Gasteiger partial charge in [0.05, 0.1) is 6.10 Å². The van der Waals surface area contributed by atoms with E-state index in [9.17, 15) is 4.39 Å². The van der Waals surface area contributed by atoms with Crippen LogP contribution in [0.25, 0.3) is 0 Å². The van der Waals surface area contributed by atoms with Crippen LogP contribution < -0.4 is 5.73 Å². The quantitative estimate of drug-likeness (QED) is 0.843. The molecule has 2 nitrogen and oxygen atoms in total. The highest BCUT2D eigenvalue weighted by atomic mass is 19.1. The first-order chi connectivity index (χ1) is 8.61. The van der Waals surface area contributed by atoms with Crippen molar-refractivity contribution in [3.8, 4) is 0 Å². The van der Waals surface area contributed by atoms with E-state index in [2.05, 4.69) is 0 Å². The van der Waals surface area contributed by atoms with Crippen molar-refractivity contribution in [2.45, 2.75) is 45.3 Å². The lowest BCUT2D eigenvalue weighted by atomic mass is 9.96. The molecule has 2 rings (SSSR count). The highest BCUT2D eigenvalue weighted by Gasteiger charge is 2.35. The minimum Gasteiger partial charge on any atom is -0.377 e. The number of aryl methyl sites for hydroxylation is 1. The maximum Gasteiger partial charge on any atom is 0.123 e. The average molecular weight is 251 g/mol. The molecule has 0 amide bonds. The monoisotopic (exact) mass is 251 g/mol. The van der Waals surface area contributed by atoms with Gasteiger partial charge in [-0.25, -0.2) is 4.39 Å². The molecule has 0 spiro atoms. The normalized spacial score (nSPS) is 18.7.